The number of carbonyl (C=O) groups excluding carboxylic acids is 1. The molecule has 4 nitrogen and oxygen atoms in total. The fourth-order valence-electron chi connectivity index (χ4n) is 2.32. The summed E-state index contributed by atoms with van der Waals surface area (Å²) in [6.45, 7) is 6.21. The summed E-state index contributed by atoms with van der Waals surface area (Å²) in [6.07, 6.45) is 0.176. The van der Waals surface area contributed by atoms with E-state index < -0.39 is 5.54 Å². The van der Waals surface area contributed by atoms with Gasteiger partial charge in [0.1, 0.15) is 0 Å². The van der Waals surface area contributed by atoms with Gasteiger partial charge in [-0.2, -0.15) is 5.10 Å². The highest BCUT2D eigenvalue weighted by Crippen LogP contribution is 2.25. The van der Waals surface area contributed by atoms with Gasteiger partial charge in [-0.3, -0.25) is 9.48 Å². The summed E-state index contributed by atoms with van der Waals surface area (Å²) in [7, 11) is 0. The number of aromatic nitrogens is 2. The lowest BCUT2D eigenvalue weighted by Crippen LogP contribution is -2.43. The number of carbonyl (C=O) groups is 1. The predicted molar refractivity (Wildman–Crippen MR) is 84.3 cm³/mol. The SMILES string of the molecule is CCn1nc(C)c(Cl)c1CC(=O)C(C)(N)c1ccccc1. The molecular formula is C16H20ClN3O. The van der Waals surface area contributed by atoms with E-state index in [9.17, 15) is 4.79 Å². The predicted octanol–water partition coefficient (Wildman–Crippen LogP) is 2.85. The molecule has 2 N–H and O–H groups in total. The number of rotatable bonds is 5. The molecular weight excluding hydrogens is 286 g/mol. The van der Waals surface area contributed by atoms with Gasteiger partial charge < -0.3 is 5.73 Å². The quantitative estimate of drug-likeness (QED) is 0.924. The molecule has 0 aliphatic carbocycles. The van der Waals surface area contributed by atoms with Crippen LogP contribution >= 0.6 is 11.6 Å². The van der Waals surface area contributed by atoms with Gasteiger partial charge in [-0.25, -0.2) is 0 Å². The summed E-state index contributed by atoms with van der Waals surface area (Å²) in [5.74, 6) is -0.0785. The number of halogens is 1. The van der Waals surface area contributed by atoms with E-state index in [4.69, 9.17) is 17.3 Å². The van der Waals surface area contributed by atoms with Crippen LogP contribution in [0.25, 0.3) is 0 Å². The van der Waals surface area contributed by atoms with Gasteiger partial charge in [-0.15, -0.1) is 0 Å². The number of nitrogens with two attached hydrogens (primary N) is 1. The first-order valence-electron chi connectivity index (χ1n) is 6.97. The molecule has 1 aromatic heterocycles. The van der Waals surface area contributed by atoms with Gasteiger partial charge in [0.2, 0.25) is 0 Å². The Bertz CT molecular complexity index is 647. The number of nitrogens with zero attached hydrogens (tertiary/aromatic N) is 2. The Hall–Kier alpha value is -1.65. The molecule has 0 radical (unpaired) electrons. The molecule has 112 valence electrons. The molecule has 0 saturated heterocycles. The van der Waals surface area contributed by atoms with Crippen molar-refractivity contribution in [2.24, 2.45) is 5.73 Å². The van der Waals surface area contributed by atoms with Crippen LogP contribution in [0.2, 0.25) is 5.02 Å². The van der Waals surface area contributed by atoms with E-state index in [0.717, 1.165) is 17.0 Å². The zero-order chi connectivity index (χ0) is 15.6. The van der Waals surface area contributed by atoms with E-state index in [2.05, 4.69) is 5.10 Å². The smallest absolute Gasteiger partial charge is 0.162 e. The van der Waals surface area contributed by atoms with E-state index in [-0.39, 0.29) is 12.2 Å². The van der Waals surface area contributed by atoms with Gasteiger partial charge in [0, 0.05) is 6.54 Å². The minimum absolute atomic E-state index is 0.0785. The molecule has 0 amide bonds. The van der Waals surface area contributed by atoms with Crippen molar-refractivity contribution < 1.29 is 4.79 Å². The van der Waals surface area contributed by atoms with Crippen molar-refractivity contribution in [1.29, 1.82) is 0 Å². The van der Waals surface area contributed by atoms with Gasteiger partial charge in [-0.1, -0.05) is 41.9 Å². The number of hydrogen-bond acceptors (Lipinski definition) is 3. The second-order valence-corrected chi connectivity index (χ2v) is 5.71. The lowest BCUT2D eigenvalue weighted by Gasteiger charge is -2.24. The zero-order valence-corrected chi connectivity index (χ0v) is 13.3. The summed E-state index contributed by atoms with van der Waals surface area (Å²) in [6, 6.07) is 9.38. The van der Waals surface area contributed by atoms with Crippen LogP contribution in [-0.2, 0) is 23.3 Å². The molecule has 1 heterocycles. The summed E-state index contributed by atoms with van der Waals surface area (Å²) in [5, 5.41) is 4.88. The van der Waals surface area contributed by atoms with Crippen LogP contribution in [0.3, 0.4) is 0 Å². The molecule has 0 saturated carbocycles. The lowest BCUT2D eigenvalue weighted by molar-refractivity contribution is -0.123. The number of Topliss-reactive ketones (excluding diaryl/α,β-unsaturated/α-hetero) is 1. The van der Waals surface area contributed by atoms with E-state index in [1.165, 1.54) is 0 Å². The molecule has 21 heavy (non-hydrogen) atoms. The van der Waals surface area contributed by atoms with Gasteiger partial charge in [0.15, 0.2) is 5.78 Å². The Balaban J connectivity index is 2.30. The molecule has 0 bridgehead atoms. The van der Waals surface area contributed by atoms with Crippen LogP contribution in [0, 0.1) is 6.92 Å². The number of ketones is 1. The number of aryl methyl sites for hydroxylation is 2. The topological polar surface area (TPSA) is 60.9 Å². The van der Waals surface area contributed by atoms with E-state index in [0.29, 0.717) is 11.6 Å². The van der Waals surface area contributed by atoms with Crippen molar-refractivity contribution in [2.45, 2.75) is 39.3 Å². The standard InChI is InChI=1S/C16H20ClN3O/c1-4-20-13(15(17)11(2)19-20)10-14(21)16(3,18)12-8-6-5-7-9-12/h5-9H,4,10,18H2,1-3H3. The maximum absolute atomic E-state index is 12.6. The highest BCUT2D eigenvalue weighted by Gasteiger charge is 2.31. The Labute approximate surface area is 129 Å². The first kappa shape index (κ1) is 15.7. The molecule has 1 atom stereocenters. The molecule has 5 heteroatoms. The molecule has 0 aliphatic rings. The van der Waals surface area contributed by atoms with Crippen molar-refractivity contribution in [3.63, 3.8) is 0 Å². The monoisotopic (exact) mass is 305 g/mol. The molecule has 0 spiro atoms. The average Bonchev–Trinajstić information content (AvgIpc) is 2.75. The molecule has 0 fully saturated rings. The van der Waals surface area contributed by atoms with Crippen LogP contribution < -0.4 is 5.73 Å². The lowest BCUT2D eigenvalue weighted by atomic mass is 9.86. The van der Waals surface area contributed by atoms with Gasteiger partial charge >= 0.3 is 0 Å². The first-order chi connectivity index (χ1) is 9.87. The maximum Gasteiger partial charge on any atom is 0.162 e. The van der Waals surface area contributed by atoms with E-state index in [1.54, 1.807) is 11.6 Å². The molecule has 1 unspecified atom stereocenters. The van der Waals surface area contributed by atoms with E-state index in [1.807, 2.05) is 44.2 Å². The fourth-order valence-corrected chi connectivity index (χ4v) is 2.52. The summed E-state index contributed by atoms with van der Waals surface area (Å²) in [5.41, 5.74) is 7.48. The van der Waals surface area contributed by atoms with Gasteiger partial charge in [0.25, 0.3) is 0 Å². The van der Waals surface area contributed by atoms with Crippen LogP contribution in [0.15, 0.2) is 30.3 Å². The van der Waals surface area contributed by atoms with Crippen molar-refractivity contribution in [2.75, 3.05) is 0 Å². The van der Waals surface area contributed by atoms with Crippen molar-refractivity contribution >= 4 is 17.4 Å². The second kappa shape index (κ2) is 6.00. The zero-order valence-electron chi connectivity index (χ0n) is 12.6. The van der Waals surface area contributed by atoms with Crippen LogP contribution in [-0.4, -0.2) is 15.6 Å². The normalized spacial score (nSPS) is 14.0. The Morgan fingerprint density at radius 1 is 1.38 bits per heavy atom. The van der Waals surface area contributed by atoms with Crippen molar-refractivity contribution in [1.82, 2.24) is 9.78 Å². The van der Waals surface area contributed by atoms with E-state index >= 15 is 0 Å². The highest BCUT2D eigenvalue weighted by molar-refractivity contribution is 6.32. The van der Waals surface area contributed by atoms with Crippen LogP contribution in [0.4, 0.5) is 0 Å². The summed E-state index contributed by atoms with van der Waals surface area (Å²) < 4.78 is 1.76. The minimum atomic E-state index is -1.04. The summed E-state index contributed by atoms with van der Waals surface area (Å²) >= 11 is 6.26. The third kappa shape index (κ3) is 3.01. The average molecular weight is 306 g/mol. The Morgan fingerprint density at radius 3 is 2.57 bits per heavy atom. The van der Waals surface area contributed by atoms with Crippen molar-refractivity contribution in [3.8, 4) is 0 Å². The van der Waals surface area contributed by atoms with Gasteiger partial charge in [-0.05, 0) is 26.3 Å². The third-order valence-corrected chi connectivity index (χ3v) is 4.23. The number of benzene rings is 1. The number of hydrogen-bond donors (Lipinski definition) is 1. The fraction of sp³-hybridized carbons (Fsp3) is 0.375. The minimum Gasteiger partial charge on any atom is -0.315 e. The van der Waals surface area contributed by atoms with Crippen LogP contribution in [0.1, 0.15) is 30.8 Å². The molecule has 2 aromatic rings. The molecule has 2 rings (SSSR count). The maximum atomic E-state index is 12.6. The Morgan fingerprint density at radius 2 is 2.00 bits per heavy atom. The highest BCUT2D eigenvalue weighted by atomic mass is 35.5. The van der Waals surface area contributed by atoms with Crippen molar-refractivity contribution in [3.05, 3.63) is 52.3 Å². The molecule has 1 aromatic carbocycles. The summed E-state index contributed by atoms with van der Waals surface area (Å²) in [4.78, 5) is 12.6. The Kier molecular flexibility index (Phi) is 4.49. The van der Waals surface area contributed by atoms with Crippen LogP contribution in [0.5, 0.6) is 0 Å². The van der Waals surface area contributed by atoms with Gasteiger partial charge in [0.05, 0.1) is 28.4 Å². The first-order valence-corrected chi connectivity index (χ1v) is 7.35. The molecule has 0 aliphatic heterocycles. The third-order valence-electron chi connectivity index (χ3n) is 3.73. The largest absolute Gasteiger partial charge is 0.315 e. The second-order valence-electron chi connectivity index (χ2n) is 5.33.